The van der Waals surface area contributed by atoms with E-state index in [1.54, 1.807) is 0 Å². The minimum absolute atomic E-state index is 0.104. The fourth-order valence-corrected chi connectivity index (χ4v) is 17.5. The van der Waals surface area contributed by atoms with E-state index in [9.17, 15) is 0 Å². The predicted octanol–water partition coefficient (Wildman–Crippen LogP) is 24.0. The number of nitrogens with zero attached hydrogens (tertiary/aromatic N) is 3. The van der Waals surface area contributed by atoms with Crippen LogP contribution in [0.25, 0.3) is 93.9 Å². The topological polar surface area (TPSA) is 24.6 Å². The highest BCUT2D eigenvalue weighted by Gasteiger charge is 2.48. The average Bonchev–Trinajstić information content (AvgIpc) is 1.24. The lowest BCUT2D eigenvalue weighted by atomic mass is 9.33. The smallest absolute Gasteiger partial charge is 0.252 e. The second-order valence-corrected chi connectivity index (χ2v) is 31.6. The van der Waals surface area contributed by atoms with Crippen molar-refractivity contribution >= 4 is 101 Å². The van der Waals surface area contributed by atoms with Gasteiger partial charge in [0.15, 0.2) is 0 Å². The largest absolute Gasteiger partial charge is 0.455 e. The third-order valence-electron chi connectivity index (χ3n) is 22.5. The van der Waals surface area contributed by atoms with Gasteiger partial charge in [-0.25, -0.2) is 0 Å². The summed E-state index contributed by atoms with van der Waals surface area (Å²) in [6.45, 7) is 20.9. The van der Waals surface area contributed by atoms with Gasteiger partial charge < -0.3 is 18.8 Å². The molecule has 0 N–H and O–H groups in total. The molecule has 5 heteroatoms. The first-order valence-electron chi connectivity index (χ1n) is 36.2. The molecule has 0 saturated carbocycles. The number of para-hydroxylation sites is 3. The molecule has 2 aromatic heterocycles. The van der Waals surface area contributed by atoms with E-state index in [0.29, 0.717) is 0 Å². The summed E-state index contributed by atoms with van der Waals surface area (Å²) in [6.07, 6.45) is 0. The van der Waals surface area contributed by atoms with Gasteiger partial charge in [-0.1, -0.05) is 293 Å². The lowest BCUT2D eigenvalue weighted by Gasteiger charge is -2.46. The molecule has 0 amide bonds. The Hall–Kier alpha value is -11.7. The van der Waals surface area contributed by atoms with Crippen molar-refractivity contribution in [2.45, 2.75) is 84.0 Å². The van der Waals surface area contributed by atoms with Crippen molar-refractivity contribution in [1.29, 1.82) is 0 Å². The van der Waals surface area contributed by atoms with Crippen molar-refractivity contribution in [3.63, 3.8) is 0 Å². The molecular weight excluding hydrogens is 1230 g/mol. The maximum Gasteiger partial charge on any atom is 0.252 e. The lowest BCUT2D eigenvalue weighted by Crippen LogP contribution is -2.61. The van der Waals surface area contributed by atoms with Gasteiger partial charge in [-0.15, -0.1) is 0 Å². The Labute approximate surface area is 598 Å². The molecule has 16 aromatic rings. The molecule has 4 nitrogen and oxygen atoms in total. The van der Waals surface area contributed by atoms with E-state index < -0.39 is 5.41 Å². The van der Waals surface area contributed by atoms with Crippen LogP contribution in [0.5, 0.6) is 0 Å². The third kappa shape index (κ3) is 9.29. The van der Waals surface area contributed by atoms with E-state index in [-0.39, 0.29) is 23.0 Å². The summed E-state index contributed by atoms with van der Waals surface area (Å²) in [6, 6.07) is 117. The van der Waals surface area contributed by atoms with Gasteiger partial charge in [0.25, 0.3) is 6.71 Å². The van der Waals surface area contributed by atoms with Crippen LogP contribution in [0.15, 0.2) is 314 Å². The van der Waals surface area contributed by atoms with Gasteiger partial charge in [-0.3, -0.25) is 0 Å². The Morgan fingerprint density at radius 1 is 0.304 bits per heavy atom. The summed E-state index contributed by atoms with van der Waals surface area (Å²) < 4.78 is 9.52. The van der Waals surface area contributed by atoms with E-state index in [0.717, 1.165) is 78.2 Å². The van der Waals surface area contributed by atoms with Crippen LogP contribution in [0.3, 0.4) is 0 Å². The zero-order valence-electron chi connectivity index (χ0n) is 59.3. The van der Waals surface area contributed by atoms with Gasteiger partial charge >= 0.3 is 0 Å². The molecule has 14 aromatic carbocycles. The average molecular weight is 1310 g/mol. The maximum atomic E-state index is 6.94. The standard InChI is InChI=1S/C97H78BN3O/c1-94(2,3)66-46-51-84(75(54-66)61-29-14-10-15-30-61)100-86-50-45-63(70-40-28-41-74-73-39-24-27-44-91(73)102-93(70)74)53-82(86)98-81-49-48-69(58-88(81)101(90-57-68(96(7,8)9)56-89(100)92(90)98)85-52-47-67(95(4,5)6)55-76(85)62-31-16-11-17-32-62)99-83-43-26-23-38-72(83)78-59-77-71-37-22-25-42-79(71)97(80(77)60-87(78)99,64-33-18-12-19-34-64)65-35-20-13-21-36-65/h10-60H,1-9H3. The van der Waals surface area contributed by atoms with Crippen molar-refractivity contribution in [3.8, 4) is 50.2 Å². The SMILES string of the molecule is CC(C)(C)c1ccc(N2c3ccc(-c4cccc5c4oc4ccccc45)cc3B3c4ccc(-n5c6ccccc6c6cc7c(cc65)C(c5ccccc5)(c5ccccc5)c5ccccc5-7)cc4N(c4ccc(C(C)(C)C)cc4-c4ccccc4)c4cc(C(C)(C)C)cc2c43)c(-c2ccccc2)c1. The molecule has 0 radical (unpaired) electrons. The number of hydrogen-bond acceptors (Lipinski definition) is 3. The van der Waals surface area contributed by atoms with Crippen LogP contribution in [0.2, 0.25) is 0 Å². The van der Waals surface area contributed by atoms with Crippen molar-refractivity contribution in [1.82, 2.24) is 4.57 Å². The summed E-state index contributed by atoms with van der Waals surface area (Å²) >= 11 is 0. The van der Waals surface area contributed by atoms with E-state index in [1.165, 1.54) is 105 Å². The van der Waals surface area contributed by atoms with E-state index in [2.05, 4.69) is 386 Å². The van der Waals surface area contributed by atoms with Crippen LogP contribution in [-0.2, 0) is 21.7 Å². The molecule has 19 rings (SSSR count). The minimum atomic E-state index is -0.594. The highest BCUT2D eigenvalue weighted by atomic mass is 16.3. The second kappa shape index (κ2) is 22.7. The molecule has 3 aliphatic rings. The van der Waals surface area contributed by atoms with Crippen LogP contribution in [0.4, 0.5) is 34.1 Å². The van der Waals surface area contributed by atoms with Gasteiger partial charge in [0.1, 0.15) is 11.2 Å². The first-order valence-corrected chi connectivity index (χ1v) is 36.2. The summed E-state index contributed by atoms with van der Waals surface area (Å²) in [5, 5.41) is 4.66. The summed E-state index contributed by atoms with van der Waals surface area (Å²) in [5.41, 5.74) is 32.9. The molecule has 0 fully saturated rings. The number of fused-ring (bicyclic) bond motifs is 13. The highest BCUT2D eigenvalue weighted by molar-refractivity contribution is 7.00. The zero-order valence-corrected chi connectivity index (χ0v) is 59.3. The molecule has 0 saturated heterocycles. The Morgan fingerprint density at radius 3 is 1.46 bits per heavy atom. The van der Waals surface area contributed by atoms with Crippen molar-refractivity contribution in [2.75, 3.05) is 9.80 Å². The fourth-order valence-electron chi connectivity index (χ4n) is 17.5. The Balaban J connectivity index is 0.940. The van der Waals surface area contributed by atoms with Crippen LogP contribution in [0, 0.1) is 0 Å². The number of rotatable bonds is 8. The van der Waals surface area contributed by atoms with Crippen LogP contribution < -0.4 is 26.2 Å². The first-order chi connectivity index (χ1) is 49.5. The number of hydrogen-bond donors (Lipinski definition) is 0. The molecular formula is C97H78BN3O. The van der Waals surface area contributed by atoms with Gasteiger partial charge in [0.2, 0.25) is 0 Å². The van der Waals surface area contributed by atoms with E-state index >= 15 is 0 Å². The Kier molecular flexibility index (Phi) is 13.7. The highest BCUT2D eigenvalue weighted by Crippen LogP contribution is 2.59. The number of furan rings is 1. The molecule has 0 bridgehead atoms. The first kappa shape index (κ1) is 61.4. The Bertz CT molecular complexity index is 6040. The molecule has 1 aliphatic carbocycles. The fraction of sp³-hybridized carbons (Fsp3) is 0.134. The van der Waals surface area contributed by atoms with Crippen LogP contribution in [0.1, 0.15) is 101 Å². The van der Waals surface area contributed by atoms with Gasteiger partial charge in [0, 0.05) is 66.7 Å². The second-order valence-electron chi connectivity index (χ2n) is 31.6. The van der Waals surface area contributed by atoms with Crippen molar-refractivity contribution in [2.24, 2.45) is 0 Å². The van der Waals surface area contributed by atoms with E-state index in [1.807, 2.05) is 0 Å². The summed E-state index contributed by atoms with van der Waals surface area (Å²) in [7, 11) is 0. The molecule has 2 aliphatic heterocycles. The van der Waals surface area contributed by atoms with Crippen molar-refractivity contribution < 1.29 is 4.42 Å². The predicted molar refractivity (Wildman–Crippen MR) is 432 cm³/mol. The monoisotopic (exact) mass is 1310 g/mol. The molecule has 0 unspecified atom stereocenters. The van der Waals surface area contributed by atoms with Gasteiger partial charge in [-0.05, 0) is 178 Å². The summed E-state index contributed by atoms with van der Waals surface area (Å²) in [4.78, 5) is 5.32. The molecule has 4 heterocycles. The van der Waals surface area contributed by atoms with Crippen LogP contribution in [-0.4, -0.2) is 11.3 Å². The third-order valence-corrected chi connectivity index (χ3v) is 22.5. The van der Waals surface area contributed by atoms with Crippen molar-refractivity contribution in [3.05, 3.63) is 348 Å². The van der Waals surface area contributed by atoms with Gasteiger partial charge in [0.05, 0.1) is 27.8 Å². The minimum Gasteiger partial charge on any atom is -0.455 e. The Morgan fingerprint density at radius 2 is 0.833 bits per heavy atom. The lowest BCUT2D eigenvalue weighted by molar-refractivity contribution is 0.590. The number of aromatic nitrogens is 1. The molecule has 0 atom stereocenters. The zero-order chi connectivity index (χ0) is 69.1. The maximum absolute atomic E-state index is 6.94. The van der Waals surface area contributed by atoms with Crippen LogP contribution >= 0.6 is 0 Å². The number of anilines is 6. The molecule has 0 spiro atoms. The molecule has 490 valence electrons. The van der Waals surface area contributed by atoms with Gasteiger partial charge in [-0.2, -0.15) is 0 Å². The van der Waals surface area contributed by atoms with E-state index in [4.69, 9.17) is 4.42 Å². The summed E-state index contributed by atoms with van der Waals surface area (Å²) in [5.74, 6) is 0. The quantitative estimate of drug-likeness (QED) is 0.142. The number of benzene rings is 14. The molecule has 102 heavy (non-hydrogen) atoms. The normalized spacial score (nSPS) is 13.8.